The van der Waals surface area contributed by atoms with Crippen LogP contribution in [-0.2, 0) is 0 Å². The SMILES string of the molecule is COc1ccc(-c2cc(-c3ccc4ccccc4c3)[nH]c2-c2ccc(F)cc2)cc1. The van der Waals surface area contributed by atoms with Crippen LogP contribution in [0.2, 0.25) is 0 Å². The topological polar surface area (TPSA) is 25.0 Å². The Bertz CT molecular complexity index is 1320. The molecular formula is C27H20FNO. The predicted octanol–water partition coefficient (Wildman–Crippen LogP) is 7.32. The zero-order valence-electron chi connectivity index (χ0n) is 16.5. The number of nitrogens with one attached hydrogen (secondary N) is 1. The van der Waals surface area contributed by atoms with Crippen molar-refractivity contribution in [1.82, 2.24) is 4.98 Å². The summed E-state index contributed by atoms with van der Waals surface area (Å²) < 4.78 is 18.8. The van der Waals surface area contributed by atoms with Gasteiger partial charge >= 0.3 is 0 Å². The van der Waals surface area contributed by atoms with Crippen LogP contribution >= 0.6 is 0 Å². The molecule has 0 aliphatic carbocycles. The first-order chi connectivity index (χ1) is 14.7. The molecule has 30 heavy (non-hydrogen) atoms. The Balaban J connectivity index is 1.67. The summed E-state index contributed by atoms with van der Waals surface area (Å²) >= 11 is 0. The second-order valence-corrected chi connectivity index (χ2v) is 7.27. The van der Waals surface area contributed by atoms with Crippen LogP contribution in [0.25, 0.3) is 44.4 Å². The summed E-state index contributed by atoms with van der Waals surface area (Å²) in [5.41, 5.74) is 6.16. The van der Waals surface area contributed by atoms with Crippen molar-refractivity contribution in [3.05, 3.63) is 103 Å². The summed E-state index contributed by atoms with van der Waals surface area (Å²) in [6.07, 6.45) is 0. The van der Waals surface area contributed by atoms with E-state index in [1.807, 2.05) is 36.4 Å². The van der Waals surface area contributed by atoms with E-state index in [4.69, 9.17) is 4.74 Å². The minimum absolute atomic E-state index is 0.244. The number of hydrogen-bond donors (Lipinski definition) is 1. The number of aromatic nitrogens is 1. The van der Waals surface area contributed by atoms with Gasteiger partial charge in [0, 0.05) is 11.3 Å². The van der Waals surface area contributed by atoms with Gasteiger partial charge in [-0.1, -0.05) is 48.5 Å². The first kappa shape index (κ1) is 18.2. The molecule has 3 heteroatoms. The number of rotatable bonds is 4. The first-order valence-corrected chi connectivity index (χ1v) is 9.84. The van der Waals surface area contributed by atoms with E-state index in [1.54, 1.807) is 19.2 Å². The van der Waals surface area contributed by atoms with Crippen LogP contribution in [0.1, 0.15) is 0 Å². The normalized spacial score (nSPS) is 11.0. The van der Waals surface area contributed by atoms with Crippen molar-refractivity contribution in [3.63, 3.8) is 0 Å². The van der Waals surface area contributed by atoms with Crippen LogP contribution in [0.15, 0.2) is 97.1 Å². The highest BCUT2D eigenvalue weighted by molar-refractivity contribution is 5.90. The molecule has 2 nitrogen and oxygen atoms in total. The Hall–Kier alpha value is -3.85. The predicted molar refractivity (Wildman–Crippen MR) is 121 cm³/mol. The molecule has 1 N–H and O–H groups in total. The largest absolute Gasteiger partial charge is 0.497 e. The van der Waals surface area contributed by atoms with Crippen molar-refractivity contribution in [2.45, 2.75) is 0 Å². The second kappa shape index (κ2) is 7.53. The molecule has 0 atom stereocenters. The molecule has 0 aliphatic rings. The zero-order valence-corrected chi connectivity index (χ0v) is 16.5. The lowest BCUT2D eigenvalue weighted by atomic mass is 10.0. The van der Waals surface area contributed by atoms with Gasteiger partial charge in [0.2, 0.25) is 0 Å². The van der Waals surface area contributed by atoms with Crippen molar-refractivity contribution in [1.29, 1.82) is 0 Å². The van der Waals surface area contributed by atoms with Gasteiger partial charge in [0.25, 0.3) is 0 Å². The maximum atomic E-state index is 13.5. The lowest BCUT2D eigenvalue weighted by molar-refractivity contribution is 0.415. The fourth-order valence-electron chi connectivity index (χ4n) is 3.81. The summed E-state index contributed by atoms with van der Waals surface area (Å²) in [5, 5.41) is 2.40. The van der Waals surface area contributed by atoms with E-state index in [0.29, 0.717) is 0 Å². The lowest BCUT2D eigenvalue weighted by Gasteiger charge is -2.06. The lowest BCUT2D eigenvalue weighted by Crippen LogP contribution is -1.85. The van der Waals surface area contributed by atoms with E-state index < -0.39 is 0 Å². The maximum Gasteiger partial charge on any atom is 0.123 e. The molecule has 0 radical (unpaired) electrons. The third kappa shape index (κ3) is 3.35. The molecule has 1 aromatic heterocycles. The van der Waals surface area contributed by atoms with Gasteiger partial charge in [-0.2, -0.15) is 0 Å². The molecule has 0 unspecified atom stereocenters. The number of H-pyrrole nitrogens is 1. The highest BCUT2D eigenvalue weighted by atomic mass is 19.1. The minimum atomic E-state index is -0.244. The number of hydrogen-bond acceptors (Lipinski definition) is 1. The molecule has 0 saturated carbocycles. The van der Waals surface area contributed by atoms with E-state index in [0.717, 1.165) is 39.4 Å². The molecule has 4 aromatic carbocycles. The smallest absolute Gasteiger partial charge is 0.123 e. The van der Waals surface area contributed by atoms with Gasteiger partial charge in [-0.25, -0.2) is 4.39 Å². The van der Waals surface area contributed by atoms with Gasteiger partial charge < -0.3 is 9.72 Å². The Morgan fingerprint density at radius 2 is 1.33 bits per heavy atom. The van der Waals surface area contributed by atoms with Crippen molar-refractivity contribution in [3.8, 4) is 39.4 Å². The van der Waals surface area contributed by atoms with E-state index in [-0.39, 0.29) is 5.82 Å². The number of aromatic amines is 1. The Morgan fingerprint density at radius 3 is 2.07 bits per heavy atom. The van der Waals surface area contributed by atoms with Crippen LogP contribution in [0.3, 0.4) is 0 Å². The first-order valence-electron chi connectivity index (χ1n) is 9.84. The van der Waals surface area contributed by atoms with Gasteiger partial charge in [0.15, 0.2) is 0 Å². The fourth-order valence-corrected chi connectivity index (χ4v) is 3.81. The Morgan fingerprint density at radius 1 is 0.667 bits per heavy atom. The van der Waals surface area contributed by atoms with Crippen LogP contribution in [0.5, 0.6) is 5.75 Å². The monoisotopic (exact) mass is 393 g/mol. The van der Waals surface area contributed by atoms with Crippen LogP contribution in [-0.4, -0.2) is 12.1 Å². The molecule has 5 rings (SSSR count). The standard InChI is InChI=1S/C27H20FNO/c1-30-24-14-10-19(11-15-24)25-17-26(29-27(25)20-8-12-23(28)13-9-20)22-7-6-18-4-2-3-5-21(18)16-22/h2-17,29H,1H3. The second-order valence-electron chi connectivity index (χ2n) is 7.27. The van der Waals surface area contributed by atoms with Crippen molar-refractivity contribution < 1.29 is 9.13 Å². The Labute approximate surface area is 174 Å². The molecule has 0 saturated heterocycles. The molecule has 0 bridgehead atoms. The molecule has 0 spiro atoms. The molecule has 5 aromatic rings. The fraction of sp³-hybridized carbons (Fsp3) is 0.0370. The molecular weight excluding hydrogens is 373 g/mol. The number of fused-ring (bicyclic) bond motifs is 1. The van der Waals surface area contributed by atoms with Gasteiger partial charge in [-0.15, -0.1) is 0 Å². The van der Waals surface area contributed by atoms with Crippen molar-refractivity contribution in [2.75, 3.05) is 7.11 Å². The average Bonchev–Trinajstić information content (AvgIpc) is 3.25. The van der Waals surface area contributed by atoms with Crippen LogP contribution in [0.4, 0.5) is 4.39 Å². The molecule has 0 aliphatic heterocycles. The number of methoxy groups -OCH3 is 1. The van der Waals surface area contributed by atoms with E-state index in [2.05, 4.69) is 41.4 Å². The van der Waals surface area contributed by atoms with Crippen LogP contribution in [0, 0.1) is 5.82 Å². The number of benzene rings is 4. The third-order valence-electron chi connectivity index (χ3n) is 5.41. The maximum absolute atomic E-state index is 13.5. The highest BCUT2D eigenvalue weighted by Crippen LogP contribution is 2.37. The van der Waals surface area contributed by atoms with E-state index >= 15 is 0 Å². The Kier molecular flexibility index (Phi) is 4.56. The quantitative estimate of drug-likeness (QED) is 0.340. The van der Waals surface area contributed by atoms with Gasteiger partial charge in [0.05, 0.1) is 12.8 Å². The van der Waals surface area contributed by atoms with Crippen molar-refractivity contribution >= 4 is 10.8 Å². The summed E-state index contributed by atoms with van der Waals surface area (Å²) in [6.45, 7) is 0. The van der Waals surface area contributed by atoms with E-state index in [1.165, 1.54) is 22.9 Å². The number of halogens is 1. The highest BCUT2D eigenvalue weighted by Gasteiger charge is 2.14. The zero-order chi connectivity index (χ0) is 20.5. The summed E-state index contributed by atoms with van der Waals surface area (Å²) in [4.78, 5) is 3.57. The van der Waals surface area contributed by atoms with Crippen LogP contribution < -0.4 is 4.74 Å². The van der Waals surface area contributed by atoms with Crippen molar-refractivity contribution in [2.24, 2.45) is 0 Å². The summed E-state index contributed by atoms with van der Waals surface area (Å²) in [5.74, 6) is 0.568. The van der Waals surface area contributed by atoms with Gasteiger partial charge in [0.1, 0.15) is 11.6 Å². The van der Waals surface area contributed by atoms with Gasteiger partial charge in [-0.05, 0) is 76.0 Å². The van der Waals surface area contributed by atoms with E-state index in [9.17, 15) is 4.39 Å². The summed E-state index contributed by atoms with van der Waals surface area (Å²) in [7, 11) is 1.66. The average molecular weight is 393 g/mol. The summed E-state index contributed by atoms with van der Waals surface area (Å²) in [6, 6.07) is 31.5. The third-order valence-corrected chi connectivity index (χ3v) is 5.41. The molecule has 1 heterocycles. The van der Waals surface area contributed by atoms with Gasteiger partial charge in [-0.3, -0.25) is 0 Å². The molecule has 0 fully saturated rings. The number of ether oxygens (including phenoxy) is 1. The minimum Gasteiger partial charge on any atom is -0.497 e. The molecule has 146 valence electrons. The molecule has 0 amide bonds.